The lowest BCUT2D eigenvalue weighted by atomic mass is 10.1. The topological polar surface area (TPSA) is 72.0 Å². The maximum absolute atomic E-state index is 6.34. The molecular formula is C20H22ClN5O. The molecule has 0 aliphatic carbocycles. The molecule has 1 heterocycles. The lowest BCUT2D eigenvalue weighted by Crippen LogP contribution is -2.09. The van der Waals surface area contributed by atoms with Crippen LogP contribution in [-0.4, -0.2) is 28.8 Å². The van der Waals surface area contributed by atoms with Gasteiger partial charge in [0.05, 0.1) is 24.0 Å². The van der Waals surface area contributed by atoms with Crippen molar-refractivity contribution in [3.8, 4) is 5.75 Å². The smallest absolute Gasteiger partial charge is 0.249 e. The highest BCUT2D eigenvalue weighted by Crippen LogP contribution is 2.29. The van der Waals surface area contributed by atoms with Crippen LogP contribution in [0.3, 0.4) is 0 Å². The summed E-state index contributed by atoms with van der Waals surface area (Å²) in [5.41, 5.74) is 4.05. The average molecular weight is 384 g/mol. The van der Waals surface area contributed by atoms with E-state index in [4.69, 9.17) is 16.3 Å². The highest BCUT2D eigenvalue weighted by atomic mass is 35.5. The van der Waals surface area contributed by atoms with Gasteiger partial charge in [-0.1, -0.05) is 35.9 Å². The van der Waals surface area contributed by atoms with Crippen LogP contribution in [-0.2, 0) is 6.42 Å². The number of para-hydroxylation sites is 1. The molecule has 0 unspecified atom stereocenters. The summed E-state index contributed by atoms with van der Waals surface area (Å²) in [5, 5.41) is 15.1. The van der Waals surface area contributed by atoms with Gasteiger partial charge in [-0.3, -0.25) is 0 Å². The van der Waals surface area contributed by atoms with Gasteiger partial charge in [0.1, 0.15) is 5.75 Å². The molecule has 2 aromatic carbocycles. The van der Waals surface area contributed by atoms with Crippen LogP contribution in [0.2, 0.25) is 5.02 Å². The normalized spacial score (nSPS) is 10.5. The van der Waals surface area contributed by atoms with Gasteiger partial charge in [-0.25, -0.2) is 0 Å². The van der Waals surface area contributed by atoms with Crippen LogP contribution in [0.5, 0.6) is 5.75 Å². The second-order valence-corrected chi connectivity index (χ2v) is 6.62. The summed E-state index contributed by atoms with van der Waals surface area (Å²) in [5.74, 6) is 1.92. The standard InChI is InChI=1S/C20H22ClN5O/c1-13-10-14(2)19(16(21)11-13)25-20-24-18(12-23-26-20)22-9-8-15-6-4-5-7-17(15)27-3/h4-7,10-12H,8-9H2,1-3H3,(H2,22,24,25,26). The van der Waals surface area contributed by atoms with Gasteiger partial charge in [0.15, 0.2) is 5.82 Å². The molecule has 0 radical (unpaired) electrons. The van der Waals surface area contributed by atoms with Crippen molar-refractivity contribution in [3.05, 3.63) is 64.3 Å². The van der Waals surface area contributed by atoms with Crippen molar-refractivity contribution in [3.63, 3.8) is 0 Å². The first kappa shape index (κ1) is 18.9. The maximum atomic E-state index is 6.34. The lowest BCUT2D eigenvalue weighted by molar-refractivity contribution is 0.410. The predicted octanol–water partition coefficient (Wildman–Crippen LogP) is 4.55. The Bertz CT molecular complexity index is 909. The van der Waals surface area contributed by atoms with Gasteiger partial charge >= 0.3 is 0 Å². The van der Waals surface area contributed by atoms with Crippen molar-refractivity contribution in [1.29, 1.82) is 0 Å². The van der Waals surface area contributed by atoms with Gasteiger partial charge in [-0.15, -0.1) is 5.10 Å². The number of nitrogens with zero attached hydrogens (tertiary/aromatic N) is 3. The Hall–Kier alpha value is -2.86. The van der Waals surface area contributed by atoms with E-state index in [0.717, 1.165) is 34.5 Å². The van der Waals surface area contributed by atoms with Gasteiger partial charge in [0.25, 0.3) is 0 Å². The molecule has 3 rings (SSSR count). The highest BCUT2D eigenvalue weighted by Gasteiger charge is 2.09. The third kappa shape index (κ3) is 4.86. The number of benzene rings is 2. The van der Waals surface area contributed by atoms with E-state index in [1.807, 2.05) is 44.2 Å². The summed E-state index contributed by atoms with van der Waals surface area (Å²) in [4.78, 5) is 4.46. The molecule has 0 saturated carbocycles. The van der Waals surface area contributed by atoms with Crippen molar-refractivity contribution in [1.82, 2.24) is 15.2 Å². The van der Waals surface area contributed by atoms with Crippen molar-refractivity contribution in [2.24, 2.45) is 0 Å². The van der Waals surface area contributed by atoms with Crippen LogP contribution in [0.25, 0.3) is 0 Å². The van der Waals surface area contributed by atoms with E-state index in [1.165, 1.54) is 0 Å². The molecule has 0 aliphatic heterocycles. The fourth-order valence-electron chi connectivity index (χ4n) is 2.86. The molecule has 0 amide bonds. The van der Waals surface area contributed by atoms with Crippen molar-refractivity contribution < 1.29 is 4.74 Å². The molecule has 1 aromatic heterocycles. The average Bonchev–Trinajstić information content (AvgIpc) is 2.65. The predicted molar refractivity (Wildman–Crippen MR) is 109 cm³/mol. The quantitative estimate of drug-likeness (QED) is 0.623. The van der Waals surface area contributed by atoms with Crippen LogP contribution in [0, 0.1) is 13.8 Å². The zero-order chi connectivity index (χ0) is 19.2. The molecule has 0 aliphatic rings. The molecule has 7 heteroatoms. The minimum Gasteiger partial charge on any atom is -0.496 e. The van der Waals surface area contributed by atoms with Gasteiger partial charge in [0, 0.05) is 6.54 Å². The summed E-state index contributed by atoms with van der Waals surface area (Å²) < 4.78 is 5.38. The van der Waals surface area contributed by atoms with Gasteiger partial charge < -0.3 is 15.4 Å². The Labute approximate surface area is 164 Å². The third-order valence-electron chi connectivity index (χ3n) is 4.12. The Morgan fingerprint density at radius 3 is 2.74 bits per heavy atom. The van der Waals surface area contributed by atoms with Crippen molar-refractivity contribution in [2.45, 2.75) is 20.3 Å². The number of ether oxygens (including phenoxy) is 1. The van der Waals surface area contributed by atoms with Crippen molar-refractivity contribution >= 4 is 29.1 Å². The highest BCUT2D eigenvalue weighted by molar-refractivity contribution is 6.33. The molecule has 3 aromatic rings. The first-order valence-corrected chi connectivity index (χ1v) is 9.04. The number of hydrogen-bond acceptors (Lipinski definition) is 6. The fraction of sp³-hybridized carbons (Fsp3) is 0.250. The number of methoxy groups -OCH3 is 1. The molecule has 0 atom stereocenters. The minimum atomic E-state index is 0.395. The summed E-state index contributed by atoms with van der Waals surface area (Å²) in [6, 6.07) is 11.9. The molecule has 6 nitrogen and oxygen atoms in total. The number of aryl methyl sites for hydroxylation is 2. The van der Waals surface area contributed by atoms with Crippen LogP contribution in [0.1, 0.15) is 16.7 Å². The summed E-state index contributed by atoms with van der Waals surface area (Å²) >= 11 is 6.34. The van der Waals surface area contributed by atoms with Gasteiger partial charge in [0.2, 0.25) is 5.95 Å². The molecule has 0 bridgehead atoms. The molecule has 0 spiro atoms. The molecule has 2 N–H and O–H groups in total. The third-order valence-corrected chi connectivity index (χ3v) is 4.42. The van der Waals surface area contributed by atoms with E-state index < -0.39 is 0 Å². The Balaban J connectivity index is 1.66. The number of nitrogens with one attached hydrogen (secondary N) is 2. The number of aromatic nitrogens is 3. The molecule has 27 heavy (non-hydrogen) atoms. The van der Waals surface area contributed by atoms with Crippen LogP contribution < -0.4 is 15.4 Å². The SMILES string of the molecule is COc1ccccc1CCNc1cnnc(Nc2c(C)cc(C)cc2Cl)n1. The zero-order valence-corrected chi connectivity index (χ0v) is 16.3. The first-order valence-electron chi connectivity index (χ1n) is 8.66. The second-order valence-electron chi connectivity index (χ2n) is 6.22. The number of rotatable bonds is 7. The zero-order valence-electron chi connectivity index (χ0n) is 15.6. The van der Waals surface area contributed by atoms with Gasteiger partial charge in [-0.2, -0.15) is 10.1 Å². The van der Waals surface area contributed by atoms with Crippen LogP contribution in [0.15, 0.2) is 42.6 Å². The van der Waals surface area contributed by atoms with Gasteiger partial charge in [-0.05, 0) is 49.1 Å². The number of anilines is 3. The van der Waals surface area contributed by atoms with E-state index in [9.17, 15) is 0 Å². The van der Waals surface area contributed by atoms with Crippen molar-refractivity contribution in [2.75, 3.05) is 24.3 Å². The molecule has 140 valence electrons. The second kappa shape index (κ2) is 8.68. The van der Waals surface area contributed by atoms with E-state index in [1.54, 1.807) is 13.3 Å². The lowest BCUT2D eigenvalue weighted by Gasteiger charge is -2.12. The number of hydrogen-bond donors (Lipinski definition) is 2. The number of halogens is 1. The van der Waals surface area contributed by atoms with E-state index in [2.05, 4.69) is 31.9 Å². The molecule has 0 saturated heterocycles. The monoisotopic (exact) mass is 383 g/mol. The Morgan fingerprint density at radius 1 is 1.15 bits per heavy atom. The first-order chi connectivity index (χ1) is 13.1. The van der Waals surface area contributed by atoms with Crippen LogP contribution >= 0.6 is 11.6 Å². The summed E-state index contributed by atoms with van der Waals surface area (Å²) in [6.07, 6.45) is 2.40. The maximum Gasteiger partial charge on any atom is 0.249 e. The van der Waals surface area contributed by atoms with E-state index in [-0.39, 0.29) is 0 Å². The van der Waals surface area contributed by atoms with Crippen LogP contribution in [0.4, 0.5) is 17.5 Å². The largest absolute Gasteiger partial charge is 0.496 e. The Kier molecular flexibility index (Phi) is 6.08. The minimum absolute atomic E-state index is 0.395. The molecular weight excluding hydrogens is 362 g/mol. The van der Waals surface area contributed by atoms with E-state index in [0.29, 0.717) is 23.3 Å². The fourth-order valence-corrected chi connectivity index (χ4v) is 3.23. The molecule has 0 fully saturated rings. The summed E-state index contributed by atoms with van der Waals surface area (Å²) in [7, 11) is 1.68. The summed E-state index contributed by atoms with van der Waals surface area (Å²) in [6.45, 7) is 4.69. The van der Waals surface area contributed by atoms with E-state index >= 15 is 0 Å². The Morgan fingerprint density at radius 2 is 1.96 bits per heavy atom.